The van der Waals surface area contributed by atoms with Gasteiger partial charge >= 0.3 is 5.63 Å². The van der Waals surface area contributed by atoms with E-state index >= 15 is 0 Å². The Balaban J connectivity index is 2.26. The van der Waals surface area contributed by atoms with Crippen LogP contribution in [0.15, 0.2) is 33.5 Å². The van der Waals surface area contributed by atoms with Crippen molar-refractivity contribution in [3.63, 3.8) is 0 Å². The molecule has 5 heteroatoms. The van der Waals surface area contributed by atoms with Crippen LogP contribution in [0.5, 0.6) is 17.2 Å². The summed E-state index contributed by atoms with van der Waals surface area (Å²) in [7, 11) is 0. The molecule has 0 radical (unpaired) electrons. The third kappa shape index (κ3) is 1.68. The molecule has 0 bridgehead atoms. The van der Waals surface area contributed by atoms with E-state index in [0.29, 0.717) is 22.5 Å². The van der Waals surface area contributed by atoms with Gasteiger partial charge < -0.3 is 19.0 Å². The van der Waals surface area contributed by atoms with Crippen molar-refractivity contribution in [1.29, 1.82) is 0 Å². The van der Waals surface area contributed by atoms with Gasteiger partial charge in [0.15, 0.2) is 11.5 Å². The normalized spacial score (nSPS) is 13.4. The summed E-state index contributed by atoms with van der Waals surface area (Å²) in [6.45, 7) is 4.15. The van der Waals surface area contributed by atoms with Crippen LogP contribution in [0.4, 0.5) is 0 Å². The van der Waals surface area contributed by atoms with E-state index in [-0.39, 0.29) is 18.5 Å². The van der Waals surface area contributed by atoms with Gasteiger partial charge in [0.2, 0.25) is 6.79 Å². The van der Waals surface area contributed by atoms with Gasteiger partial charge in [0.1, 0.15) is 16.7 Å². The fourth-order valence-electron chi connectivity index (χ4n) is 2.98. The Bertz CT molecular complexity index is 968. The van der Waals surface area contributed by atoms with Gasteiger partial charge in [0, 0.05) is 16.8 Å². The van der Waals surface area contributed by atoms with E-state index in [9.17, 15) is 9.90 Å². The monoisotopic (exact) mass is 298 g/mol. The predicted molar refractivity (Wildman–Crippen MR) is 81.9 cm³/mol. The lowest BCUT2D eigenvalue weighted by atomic mass is 9.94. The van der Waals surface area contributed by atoms with Crippen molar-refractivity contribution in [3.05, 3.63) is 40.2 Å². The average molecular weight is 298 g/mol. The first-order valence-corrected chi connectivity index (χ1v) is 7.08. The summed E-state index contributed by atoms with van der Waals surface area (Å²) in [4.78, 5) is 12.4. The fraction of sp³-hybridized carbons (Fsp3) is 0.235. The number of phenols is 1. The van der Waals surface area contributed by atoms with E-state index in [2.05, 4.69) is 0 Å². The fourth-order valence-corrected chi connectivity index (χ4v) is 2.98. The van der Waals surface area contributed by atoms with Crippen molar-refractivity contribution in [2.45, 2.75) is 19.8 Å². The van der Waals surface area contributed by atoms with Crippen molar-refractivity contribution < 1.29 is 19.0 Å². The second kappa shape index (κ2) is 4.40. The lowest BCUT2D eigenvalue weighted by molar-refractivity contribution is 0.174. The number of benzene rings is 2. The van der Waals surface area contributed by atoms with Crippen LogP contribution in [0.1, 0.15) is 25.3 Å². The minimum absolute atomic E-state index is 0.0828. The highest BCUT2D eigenvalue weighted by molar-refractivity contribution is 6.09. The van der Waals surface area contributed by atoms with Crippen LogP contribution in [0, 0.1) is 0 Å². The van der Waals surface area contributed by atoms with Gasteiger partial charge in [-0.2, -0.15) is 0 Å². The van der Waals surface area contributed by atoms with Crippen LogP contribution in [-0.4, -0.2) is 11.9 Å². The Hall–Kier alpha value is -2.69. The molecule has 0 atom stereocenters. The number of fused-ring (bicyclic) bond motifs is 5. The third-order valence-electron chi connectivity index (χ3n) is 3.95. The maximum absolute atomic E-state index is 12.4. The second-order valence-electron chi connectivity index (χ2n) is 5.67. The summed E-state index contributed by atoms with van der Waals surface area (Å²) in [5.74, 6) is 1.22. The molecule has 0 unspecified atom stereocenters. The van der Waals surface area contributed by atoms with Gasteiger partial charge in [-0.3, -0.25) is 0 Å². The lowest BCUT2D eigenvalue weighted by Gasteiger charge is -2.13. The number of ether oxygens (including phenoxy) is 2. The van der Waals surface area contributed by atoms with Crippen LogP contribution in [-0.2, 0) is 0 Å². The standard InChI is InChI=1S/C17H14O5/c1-8(2)11-5-9(18)6-13-14(11)10-3-4-12-16(21-7-20-12)15(10)17(19)22-13/h3-6,8,18H,7H2,1-2H3. The highest BCUT2D eigenvalue weighted by Gasteiger charge is 2.23. The molecular weight excluding hydrogens is 284 g/mol. The quantitative estimate of drug-likeness (QED) is 0.550. The maximum atomic E-state index is 12.4. The smallest absolute Gasteiger partial charge is 0.348 e. The molecule has 0 spiro atoms. The molecule has 0 saturated heterocycles. The van der Waals surface area contributed by atoms with Gasteiger partial charge in [-0.15, -0.1) is 0 Å². The van der Waals surface area contributed by atoms with Gasteiger partial charge in [-0.25, -0.2) is 4.79 Å². The first-order chi connectivity index (χ1) is 10.6. The van der Waals surface area contributed by atoms with Crippen LogP contribution in [0.25, 0.3) is 21.7 Å². The van der Waals surface area contributed by atoms with Crippen LogP contribution < -0.4 is 15.1 Å². The molecule has 5 nitrogen and oxygen atoms in total. The highest BCUT2D eigenvalue weighted by atomic mass is 16.7. The number of hydrogen-bond acceptors (Lipinski definition) is 5. The number of aromatic hydroxyl groups is 1. The highest BCUT2D eigenvalue weighted by Crippen LogP contribution is 2.41. The summed E-state index contributed by atoms with van der Waals surface area (Å²) < 4.78 is 16.2. The lowest BCUT2D eigenvalue weighted by Crippen LogP contribution is -2.03. The van der Waals surface area contributed by atoms with Crippen molar-refractivity contribution in [2.75, 3.05) is 6.79 Å². The Morgan fingerprint density at radius 3 is 2.73 bits per heavy atom. The first-order valence-electron chi connectivity index (χ1n) is 7.08. The van der Waals surface area contributed by atoms with E-state index in [4.69, 9.17) is 13.9 Å². The molecule has 4 rings (SSSR count). The van der Waals surface area contributed by atoms with Crippen molar-refractivity contribution in [2.24, 2.45) is 0 Å². The Morgan fingerprint density at radius 1 is 1.14 bits per heavy atom. The number of phenolic OH excluding ortho intramolecular Hbond substituents is 1. The number of hydrogen-bond donors (Lipinski definition) is 1. The molecule has 0 saturated carbocycles. The Labute approximate surface area is 125 Å². The molecule has 3 aromatic rings. The third-order valence-corrected chi connectivity index (χ3v) is 3.95. The average Bonchev–Trinajstić information content (AvgIpc) is 2.93. The van der Waals surface area contributed by atoms with Gasteiger partial charge in [0.05, 0.1) is 0 Å². The molecule has 1 aromatic heterocycles. The topological polar surface area (TPSA) is 68.9 Å². The zero-order valence-electron chi connectivity index (χ0n) is 12.2. The second-order valence-corrected chi connectivity index (χ2v) is 5.67. The summed E-state index contributed by atoms with van der Waals surface area (Å²) in [6.07, 6.45) is 0. The largest absolute Gasteiger partial charge is 0.508 e. The van der Waals surface area contributed by atoms with Crippen molar-refractivity contribution >= 4 is 21.7 Å². The number of rotatable bonds is 1. The molecule has 0 fully saturated rings. The molecule has 1 aliphatic heterocycles. The SMILES string of the molecule is CC(C)c1cc(O)cc2oc(=O)c3c4c(ccc3c12)OCO4. The Morgan fingerprint density at radius 2 is 1.95 bits per heavy atom. The van der Waals surface area contributed by atoms with Gasteiger partial charge in [-0.05, 0) is 29.7 Å². The summed E-state index contributed by atoms with van der Waals surface area (Å²) >= 11 is 0. The molecule has 112 valence electrons. The molecule has 0 amide bonds. The van der Waals surface area contributed by atoms with E-state index in [0.717, 1.165) is 16.3 Å². The zero-order chi connectivity index (χ0) is 15.4. The van der Waals surface area contributed by atoms with E-state index in [1.54, 1.807) is 12.1 Å². The van der Waals surface area contributed by atoms with E-state index in [1.807, 2.05) is 19.9 Å². The molecule has 1 aliphatic rings. The molecule has 1 N–H and O–H groups in total. The van der Waals surface area contributed by atoms with Crippen LogP contribution in [0.2, 0.25) is 0 Å². The summed E-state index contributed by atoms with van der Waals surface area (Å²) in [5, 5.41) is 11.8. The zero-order valence-corrected chi connectivity index (χ0v) is 12.2. The van der Waals surface area contributed by atoms with Crippen molar-refractivity contribution in [1.82, 2.24) is 0 Å². The van der Waals surface area contributed by atoms with Gasteiger partial charge in [0.25, 0.3) is 0 Å². The predicted octanol–water partition coefficient (Wildman–Crippen LogP) is 3.50. The molecule has 2 aromatic carbocycles. The molecule has 2 heterocycles. The van der Waals surface area contributed by atoms with Gasteiger partial charge in [-0.1, -0.05) is 13.8 Å². The summed E-state index contributed by atoms with van der Waals surface area (Å²) in [5.41, 5.74) is 0.799. The summed E-state index contributed by atoms with van der Waals surface area (Å²) in [6, 6.07) is 6.80. The van der Waals surface area contributed by atoms with E-state index < -0.39 is 5.63 Å². The maximum Gasteiger partial charge on any atom is 0.348 e. The molecule has 22 heavy (non-hydrogen) atoms. The first kappa shape index (κ1) is 13.0. The van der Waals surface area contributed by atoms with Crippen molar-refractivity contribution in [3.8, 4) is 17.2 Å². The van der Waals surface area contributed by atoms with Crippen LogP contribution in [0.3, 0.4) is 0 Å². The van der Waals surface area contributed by atoms with E-state index in [1.165, 1.54) is 6.07 Å². The minimum atomic E-state index is -0.495. The Kier molecular flexibility index (Phi) is 2.60. The minimum Gasteiger partial charge on any atom is -0.508 e. The van der Waals surface area contributed by atoms with Crippen LogP contribution >= 0.6 is 0 Å². The molecular formula is C17H14O5. The molecule has 0 aliphatic carbocycles.